The van der Waals surface area contributed by atoms with Crippen LogP contribution in [0.25, 0.3) is 16.5 Å². The Bertz CT molecular complexity index is 1150. The average Bonchev–Trinajstić information content (AvgIpc) is 3.26. The van der Waals surface area contributed by atoms with Crippen molar-refractivity contribution in [3.63, 3.8) is 0 Å². The van der Waals surface area contributed by atoms with Crippen LogP contribution in [0.15, 0.2) is 54.2 Å². The van der Waals surface area contributed by atoms with Crippen LogP contribution in [-0.2, 0) is 16.0 Å². The Morgan fingerprint density at radius 1 is 0.960 bits per heavy atom. The molecule has 2 aromatic carbocycles. The van der Waals surface area contributed by atoms with Crippen LogP contribution in [-0.4, -0.2) is 16.8 Å². The first-order valence-electron chi connectivity index (χ1n) is 8.32. The van der Waals surface area contributed by atoms with E-state index in [9.17, 15) is 9.59 Å². The number of aromatic amines is 1. The number of amides is 2. The third-order valence-electron chi connectivity index (χ3n) is 5.44. The van der Waals surface area contributed by atoms with Crippen LogP contribution >= 0.6 is 0 Å². The standard InChI is InChI=1S/C20H13N3O2/c24-19-16-15-11-6-2-3-7-12(11)21-17(15)14-9-10-5-1-4-8-13(10)23(14)18(16)20(25)22-19/h1-8,14,21H,9H2,(H,22,24,25). The Morgan fingerprint density at radius 2 is 1.76 bits per heavy atom. The normalized spacial score (nSPS) is 20.5. The maximum Gasteiger partial charge on any atom is 0.275 e. The first kappa shape index (κ1) is 13.0. The molecule has 3 aromatic rings. The molecule has 0 fully saturated rings. The number of anilines is 1. The SMILES string of the molecule is O=C1NC(=O)C2=C1c1c([nH]c3ccccc13)C1Cc3ccccc3N21. The van der Waals surface area contributed by atoms with Gasteiger partial charge in [-0.15, -0.1) is 0 Å². The number of carbonyl (C=O) groups excluding carboxylic acids is 2. The summed E-state index contributed by atoms with van der Waals surface area (Å²) in [5, 5.41) is 3.48. The van der Waals surface area contributed by atoms with E-state index >= 15 is 0 Å². The molecular formula is C20H13N3O2. The van der Waals surface area contributed by atoms with E-state index < -0.39 is 0 Å². The quantitative estimate of drug-likeness (QED) is 0.624. The second-order valence-corrected chi connectivity index (χ2v) is 6.68. The molecule has 2 amide bonds. The number of nitrogens with zero attached hydrogens (tertiary/aromatic N) is 1. The average molecular weight is 327 g/mol. The fraction of sp³-hybridized carbons (Fsp3) is 0.100. The molecule has 2 N–H and O–H groups in total. The van der Waals surface area contributed by atoms with Gasteiger partial charge in [0, 0.05) is 34.3 Å². The largest absolute Gasteiger partial charge is 0.356 e. The highest BCUT2D eigenvalue weighted by molar-refractivity contribution is 6.39. The zero-order chi connectivity index (χ0) is 16.7. The van der Waals surface area contributed by atoms with Crippen LogP contribution in [0.5, 0.6) is 0 Å². The van der Waals surface area contributed by atoms with Crippen molar-refractivity contribution in [2.24, 2.45) is 0 Å². The number of carbonyl (C=O) groups is 2. The molecule has 120 valence electrons. The number of benzene rings is 2. The molecule has 3 aliphatic heterocycles. The van der Waals surface area contributed by atoms with Gasteiger partial charge in [0.25, 0.3) is 11.8 Å². The second-order valence-electron chi connectivity index (χ2n) is 6.68. The fourth-order valence-electron chi connectivity index (χ4n) is 4.48. The number of rotatable bonds is 0. The Hall–Kier alpha value is -3.34. The molecule has 0 aliphatic carbocycles. The zero-order valence-corrected chi connectivity index (χ0v) is 13.2. The van der Waals surface area contributed by atoms with E-state index in [2.05, 4.69) is 16.4 Å². The van der Waals surface area contributed by atoms with Gasteiger partial charge >= 0.3 is 0 Å². The van der Waals surface area contributed by atoms with Crippen LogP contribution in [0.2, 0.25) is 0 Å². The summed E-state index contributed by atoms with van der Waals surface area (Å²) < 4.78 is 0. The van der Waals surface area contributed by atoms with E-state index in [4.69, 9.17) is 0 Å². The molecule has 0 bridgehead atoms. The van der Waals surface area contributed by atoms with Gasteiger partial charge in [0.05, 0.1) is 11.6 Å². The van der Waals surface area contributed by atoms with Crippen LogP contribution in [0.4, 0.5) is 5.69 Å². The number of aromatic nitrogens is 1. The first-order valence-corrected chi connectivity index (χ1v) is 8.32. The minimum atomic E-state index is -0.311. The maximum absolute atomic E-state index is 12.6. The first-order chi connectivity index (χ1) is 12.2. The molecule has 0 radical (unpaired) electrons. The molecule has 0 spiro atoms. The van der Waals surface area contributed by atoms with E-state index in [0.717, 1.165) is 34.3 Å². The van der Waals surface area contributed by atoms with Crippen LogP contribution in [0.1, 0.15) is 22.9 Å². The lowest BCUT2D eigenvalue weighted by Crippen LogP contribution is -2.33. The number of hydrogen-bond acceptors (Lipinski definition) is 3. The van der Waals surface area contributed by atoms with Crippen molar-refractivity contribution in [2.75, 3.05) is 4.90 Å². The summed E-state index contributed by atoms with van der Waals surface area (Å²) in [6.07, 6.45) is 0.814. The molecular weight excluding hydrogens is 314 g/mol. The minimum absolute atomic E-state index is 0.00944. The van der Waals surface area contributed by atoms with Crippen LogP contribution in [0, 0.1) is 0 Å². The van der Waals surface area contributed by atoms with Gasteiger partial charge < -0.3 is 9.88 Å². The highest BCUT2D eigenvalue weighted by Gasteiger charge is 2.48. The number of hydrogen-bond donors (Lipinski definition) is 2. The molecule has 1 atom stereocenters. The number of para-hydroxylation sites is 2. The van der Waals surface area contributed by atoms with E-state index in [1.165, 1.54) is 5.56 Å². The number of fused-ring (bicyclic) bond motifs is 9. The van der Waals surface area contributed by atoms with Crippen molar-refractivity contribution >= 4 is 34.0 Å². The Kier molecular flexibility index (Phi) is 2.18. The monoisotopic (exact) mass is 327 g/mol. The lowest BCUT2D eigenvalue weighted by molar-refractivity contribution is -0.123. The Morgan fingerprint density at radius 3 is 2.68 bits per heavy atom. The molecule has 6 rings (SSSR count). The molecule has 0 saturated heterocycles. The molecule has 3 aliphatic rings. The summed E-state index contributed by atoms with van der Waals surface area (Å²) in [5.41, 5.74) is 6.06. The molecule has 5 heteroatoms. The van der Waals surface area contributed by atoms with Gasteiger partial charge in [0.15, 0.2) is 0 Å². The molecule has 25 heavy (non-hydrogen) atoms. The van der Waals surface area contributed by atoms with Gasteiger partial charge in [-0.25, -0.2) is 0 Å². The van der Waals surface area contributed by atoms with Gasteiger partial charge in [-0.05, 0) is 17.7 Å². The predicted molar refractivity (Wildman–Crippen MR) is 93.7 cm³/mol. The molecule has 1 aromatic heterocycles. The van der Waals surface area contributed by atoms with E-state index in [-0.39, 0.29) is 17.9 Å². The van der Waals surface area contributed by atoms with Gasteiger partial charge in [-0.1, -0.05) is 36.4 Å². The smallest absolute Gasteiger partial charge is 0.275 e. The van der Waals surface area contributed by atoms with Crippen LogP contribution in [0.3, 0.4) is 0 Å². The van der Waals surface area contributed by atoms with E-state index in [0.29, 0.717) is 11.3 Å². The van der Waals surface area contributed by atoms with Crippen molar-refractivity contribution in [1.29, 1.82) is 0 Å². The minimum Gasteiger partial charge on any atom is -0.356 e. The second kappa shape index (κ2) is 4.19. The van der Waals surface area contributed by atoms with Crippen molar-refractivity contribution in [1.82, 2.24) is 10.3 Å². The van der Waals surface area contributed by atoms with Crippen LogP contribution < -0.4 is 10.2 Å². The Balaban J connectivity index is 1.75. The highest BCUT2D eigenvalue weighted by Crippen LogP contribution is 2.51. The molecule has 1 unspecified atom stereocenters. The lowest BCUT2D eigenvalue weighted by atomic mass is 9.92. The summed E-state index contributed by atoms with van der Waals surface area (Å²) in [7, 11) is 0. The molecule has 4 heterocycles. The summed E-state index contributed by atoms with van der Waals surface area (Å²) in [6.45, 7) is 0. The number of nitrogens with one attached hydrogen (secondary N) is 2. The van der Waals surface area contributed by atoms with Crippen molar-refractivity contribution in [2.45, 2.75) is 12.5 Å². The number of H-pyrrole nitrogens is 1. The van der Waals surface area contributed by atoms with Gasteiger partial charge in [0.1, 0.15) is 5.70 Å². The summed E-state index contributed by atoms with van der Waals surface area (Å²) in [4.78, 5) is 30.7. The summed E-state index contributed by atoms with van der Waals surface area (Å²) in [5.74, 6) is -0.619. The topological polar surface area (TPSA) is 65.2 Å². The predicted octanol–water partition coefficient (Wildman–Crippen LogP) is 2.65. The van der Waals surface area contributed by atoms with Gasteiger partial charge in [0.2, 0.25) is 0 Å². The lowest BCUT2D eigenvalue weighted by Gasteiger charge is -2.32. The fourth-order valence-corrected chi connectivity index (χ4v) is 4.48. The molecule has 0 saturated carbocycles. The van der Waals surface area contributed by atoms with Crippen molar-refractivity contribution < 1.29 is 9.59 Å². The highest BCUT2D eigenvalue weighted by atomic mass is 16.2. The van der Waals surface area contributed by atoms with Gasteiger partial charge in [-0.3, -0.25) is 14.9 Å². The number of imide groups is 1. The maximum atomic E-state index is 12.6. The summed E-state index contributed by atoms with van der Waals surface area (Å²) in [6, 6.07) is 16.0. The van der Waals surface area contributed by atoms with Crippen molar-refractivity contribution in [3.05, 3.63) is 71.0 Å². The molecule has 5 nitrogen and oxygen atoms in total. The third-order valence-corrected chi connectivity index (χ3v) is 5.44. The van der Waals surface area contributed by atoms with E-state index in [1.54, 1.807) is 0 Å². The van der Waals surface area contributed by atoms with Crippen molar-refractivity contribution in [3.8, 4) is 0 Å². The van der Waals surface area contributed by atoms with E-state index in [1.807, 2.05) is 47.4 Å². The Labute approximate surface area is 142 Å². The van der Waals surface area contributed by atoms with Gasteiger partial charge in [-0.2, -0.15) is 0 Å². The summed E-state index contributed by atoms with van der Waals surface area (Å²) >= 11 is 0. The third kappa shape index (κ3) is 1.44. The zero-order valence-electron chi connectivity index (χ0n) is 13.2.